The van der Waals surface area contributed by atoms with Gasteiger partial charge in [0.15, 0.2) is 0 Å². The number of nitrogens with one attached hydrogen (secondary N) is 1. The van der Waals surface area contributed by atoms with E-state index in [1.165, 1.54) is 0 Å². The number of benzene rings is 1. The molecule has 2 atom stereocenters. The first-order valence-corrected chi connectivity index (χ1v) is 10.2. The van der Waals surface area contributed by atoms with E-state index in [1.54, 1.807) is 0 Å². The van der Waals surface area contributed by atoms with Crippen LogP contribution >= 0.6 is 12.4 Å². The maximum Gasteiger partial charge on any atom is 0.239 e. The Hall–Kier alpha value is -1.89. The van der Waals surface area contributed by atoms with Crippen LogP contribution in [0.15, 0.2) is 36.4 Å². The van der Waals surface area contributed by atoms with E-state index in [-0.39, 0.29) is 35.7 Å². The first-order chi connectivity index (χ1) is 13.5. The van der Waals surface area contributed by atoms with Gasteiger partial charge >= 0.3 is 0 Å². The summed E-state index contributed by atoms with van der Waals surface area (Å²) in [5.74, 6) is 0.316. The number of halogens is 1. The number of aliphatic hydroxyl groups is 1. The lowest BCUT2D eigenvalue weighted by Gasteiger charge is -2.39. The lowest BCUT2D eigenvalue weighted by atomic mass is 9.77. The predicted octanol–water partition coefficient (Wildman–Crippen LogP) is 1.69. The Bertz CT molecular complexity index is 747. The van der Waals surface area contributed by atoms with E-state index in [0.29, 0.717) is 39.0 Å². The van der Waals surface area contributed by atoms with Crippen LogP contribution in [0.3, 0.4) is 0 Å². The van der Waals surface area contributed by atoms with Gasteiger partial charge in [0.25, 0.3) is 0 Å². The second-order valence-corrected chi connectivity index (χ2v) is 8.44. The molecule has 3 heterocycles. The van der Waals surface area contributed by atoms with Crippen LogP contribution < -0.4 is 5.32 Å². The molecular formula is C22H30ClN3O3. The highest BCUT2D eigenvalue weighted by Gasteiger charge is 2.45. The summed E-state index contributed by atoms with van der Waals surface area (Å²) in [4.78, 5) is 29.0. The molecule has 7 heteroatoms. The molecule has 0 unspecified atom stereocenters. The molecular weight excluding hydrogens is 390 g/mol. The third-order valence-electron chi connectivity index (χ3n) is 6.38. The van der Waals surface area contributed by atoms with E-state index in [0.717, 1.165) is 24.9 Å². The minimum Gasteiger partial charge on any atom is -0.392 e. The fourth-order valence-corrected chi connectivity index (χ4v) is 4.69. The van der Waals surface area contributed by atoms with Crippen molar-refractivity contribution in [1.82, 2.24) is 15.1 Å². The normalized spacial score (nSPS) is 26.3. The molecule has 1 aromatic carbocycles. The zero-order valence-corrected chi connectivity index (χ0v) is 17.4. The predicted molar refractivity (Wildman–Crippen MR) is 115 cm³/mol. The van der Waals surface area contributed by atoms with Gasteiger partial charge in [-0.2, -0.15) is 0 Å². The summed E-state index contributed by atoms with van der Waals surface area (Å²) >= 11 is 0. The summed E-state index contributed by atoms with van der Waals surface area (Å²) in [6.45, 7) is 3.33. The summed E-state index contributed by atoms with van der Waals surface area (Å²) in [7, 11) is 0. The monoisotopic (exact) mass is 419 g/mol. The van der Waals surface area contributed by atoms with E-state index in [4.69, 9.17) is 0 Å². The maximum absolute atomic E-state index is 12.6. The molecule has 0 bridgehead atoms. The zero-order chi connectivity index (χ0) is 19.6. The van der Waals surface area contributed by atoms with Crippen molar-refractivity contribution in [2.75, 3.05) is 32.7 Å². The van der Waals surface area contributed by atoms with Crippen LogP contribution in [0.25, 0.3) is 6.08 Å². The van der Waals surface area contributed by atoms with Crippen molar-refractivity contribution in [2.45, 2.75) is 37.8 Å². The third kappa shape index (κ3) is 5.00. The second-order valence-electron chi connectivity index (χ2n) is 8.44. The van der Waals surface area contributed by atoms with Gasteiger partial charge in [0.2, 0.25) is 11.8 Å². The number of aliphatic hydroxyl groups excluding tert-OH is 1. The van der Waals surface area contributed by atoms with Crippen molar-refractivity contribution in [3.63, 3.8) is 0 Å². The molecule has 4 rings (SSSR count). The van der Waals surface area contributed by atoms with Gasteiger partial charge in [0.05, 0.1) is 12.1 Å². The van der Waals surface area contributed by atoms with Gasteiger partial charge in [0.1, 0.15) is 0 Å². The van der Waals surface area contributed by atoms with Crippen LogP contribution in [0.1, 0.15) is 31.2 Å². The fourth-order valence-electron chi connectivity index (χ4n) is 4.69. The van der Waals surface area contributed by atoms with Gasteiger partial charge in [-0.15, -0.1) is 12.4 Å². The Morgan fingerprint density at radius 2 is 1.97 bits per heavy atom. The molecule has 3 aliphatic heterocycles. The van der Waals surface area contributed by atoms with Crippen molar-refractivity contribution in [3.8, 4) is 0 Å². The summed E-state index contributed by atoms with van der Waals surface area (Å²) in [6.07, 6.45) is 6.53. The molecule has 2 N–H and O–H groups in total. The van der Waals surface area contributed by atoms with Gasteiger partial charge in [-0.3, -0.25) is 9.59 Å². The number of nitrogens with zero attached hydrogens (tertiary/aromatic N) is 2. The summed E-state index contributed by atoms with van der Waals surface area (Å²) in [6, 6.07) is 9.85. The zero-order valence-electron chi connectivity index (χ0n) is 16.6. The Kier molecular flexibility index (Phi) is 6.98. The first-order valence-electron chi connectivity index (χ1n) is 10.2. The third-order valence-corrected chi connectivity index (χ3v) is 6.38. The highest BCUT2D eigenvalue weighted by molar-refractivity contribution is 5.85. The van der Waals surface area contributed by atoms with Crippen molar-refractivity contribution < 1.29 is 14.7 Å². The molecule has 6 nitrogen and oxygen atoms in total. The van der Waals surface area contributed by atoms with Crippen molar-refractivity contribution in [3.05, 3.63) is 42.0 Å². The number of amides is 2. The van der Waals surface area contributed by atoms with Crippen LogP contribution in [0.5, 0.6) is 0 Å². The SMILES string of the molecule is Cl.O=C1CC2(CCN(C(=O)[C@H]3C[C@H](O)CN3)CC2)CN1CC=Cc1ccccc1. The maximum atomic E-state index is 12.6. The Labute approximate surface area is 178 Å². The molecule has 0 aromatic heterocycles. The molecule has 0 saturated carbocycles. The largest absolute Gasteiger partial charge is 0.392 e. The number of β-amino-alcohol motifs (C(OH)–C–C–N with tert-alkyl or cyclic N) is 1. The van der Waals surface area contributed by atoms with E-state index in [9.17, 15) is 14.7 Å². The standard InChI is InChI=1S/C22H29N3O3.ClH/c26-18-13-19(23-15-18)21(28)24-11-8-22(9-12-24)14-20(27)25(16-22)10-4-7-17-5-2-1-3-6-17;/h1-7,18-19,23,26H,8-16H2;1H/t18-,19+;/m0./s1. The molecule has 1 aromatic rings. The highest BCUT2D eigenvalue weighted by atomic mass is 35.5. The van der Waals surface area contributed by atoms with Gasteiger partial charge in [-0.1, -0.05) is 42.5 Å². The molecule has 29 heavy (non-hydrogen) atoms. The average molecular weight is 420 g/mol. The Balaban J connectivity index is 0.00000240. The fraction of sp³-hybridized carbons (Fsp3) is 0.545. The van der Waals surface area contributed by atoms with E-state index < -0.39 is 6.10 Å². The van der Waals surface area contributed by atoms with E-state index in [1.807, 2.05) is 28.0 Å². The van der Waals surface area contributed by atoms with Crippen LogP contribution in [0.2, 0.25) is 0 Å². The Morgan fingerprint density at radius 1 is 1.24 bits per heavy atom. The second kappa shape index (κ2) is 9.28. The topological polar surface area (TPSA) is 72.9 Å². The Morgan fingerprint density at radius 3 is 2.62 bits per heavy atom. The van der Waals surface area contributed by atoms with Gasteiger partial charge in [-0.25, -0.2) is 0 Å². The molecule has 0 aliphatic carbocycles. The molecule has 2 amide bonds. The molecule has 0 radical (unpaired) electrons. The van der Waals surface area contributed by atoms with Crippen molar-refractivity contribution in [2.24, 2.45) is 5.41 Å². The number of piperidine rings is 1. The lowest BCUT2D eigenvalue weighted by molar-refractivity contribution is -0.135. The number of hydrogen-bond acceptors (Lipinski definition) is 4. The number of carbonyl (C=O) groups is 2. The molecule has 3 aliphatic rings. The van der Waals surface area contributed by atoms with Gasteiger partial charge < -0.3 is 20.2 Å². The van der Waals surface area contributed by atoms with Crippen molar-refractivity contribution >= 4 is 30.3 Å². The molecule has 3 saturated heterocycles. The number of rotatable bonds is 4. The smallest absolute Gasteiger partial charge is 0.239 e. The van der Waals surface area contributed by atoms with Crippen LogP contribution in [-0.2, 0) is 9.59 Å². The number of likely N-dealkylation sites (tertiary alicyclic amines) is 2. The number of hydrogen-bond donors (Lipinski definition) is 2. The molecule has 3 fully saturated rings. The number of carbonyl (C=O) groups excluding carboxylic acids is 2. The van der Waals surface area contributed by atoms with Crippen LogP contribution in [0, 0.1) is 5.41 Å². The van der Waals surface area contributed by atoms with Crippen molar-refractivity contribution in [1.29, 1.82) is 0 Å². The summed E-state index contributed by atoms with van der Waals surface area (Å²) in [5, 5.41) is 12.7. The average Bonchev–Trinajstić information content (AvgIpc) is 3.26. The highest BCUT2D eigenvalue weighted by Crippen LogP contribution is 2.41. The minimum atomic E-state index is -0.421. The van der Waals surface area contributed by atoms with E-state index >= 15 is 0 Å². The minimum absolute atomic E-state index is 0. The van der Waals surface area contributed by atoms with Crippen LogP contribution in [-0.4, -0.2) is 71.6 Å². The van der Waals surface area contributed by atoms with Crippen LogP contribution in [0.4, 0.5) is 0 Å². The summed E-state index contributed by atoms with van der Waals surface area (Å²) < 4.78 is 0. The quantitative estimate of drug-likeness (QED) is 0.778. The first kappa shape index (κ1) is 21.8. The van der Waals surface area contributed by atoms with E-state index in [2.05, 4.69) is 29.6 Å². The molecule has 1 spiro atoms. The van der Waals surface area contributed by atoms with Gasteiger partial charge in [0, 0.05) is 44.6 Å². The van der Waals surface area contributed by atoms with Gasteiger partial charge in [-0.05, 0) is 24.8 Å². The lowest BCUT2D eigenvalue weighted by Crippen LogP contribution is -2.49. The summed E-state index contributed by atoms with van der Waals surface area (Å²) in [5.41, 5.74) is 1.15. The molecule has 158 valence electrons.